The van der Waals surface area contributed by atoms with Crippen molar-refractivity contribution in [1.82, 2.24) is 15.2 Å². The van der Waals surface area contributed by atoms with E-state index < -0.39 is 0 Å². The van der Waals surface area contributed by atoms with Gasteiger partial charge in [0.2, 0.25) is 0 Å². The number of rotatable bonds is 7. The van der Waals surface area contributed by atoms with Gasteiger partial charge in [-0.15, -0.1) is 0 Å². The van der Waals surface area contributed by atoms with E-state index in [0.717, 1.165) is 29.8 Å². The highest BCUT2D eigenvalue weighted by Crippen LogP contribution is 2.26. The van der Waals surface area contributed by atoms with E-state index in [1.54, 1.807) is 7.11 Å². The molecule has 0 aliphatic heterocycles. The van der Waals surface area contributed by atoms with Crippen molar-refractivity contribution < 1.29 is 4.74 Å². The van der Waals surface area contributed by atoms with Gasteiger partial charge in [-0.25, -0.2) is 0 Å². The quantitative estimate of drug-likeness (QED) is 0.607. The average molecular weight is 288 g/mol. The fourth-order valence-electron chi connectivity index (χ4n) is 2.34. The first kappa shape index (κ1) is 15.5. The molecule has 2 aromatic rings. The van der Waals surface area contributed by atoms with Crippen LogP contribution >= 0.6 is 0 Å². The van der Waals surface area contributed by atoms with Crippen LogP contribution in [0.25, 0.3) is 0 Å². The van der Waals surface area contributed by atoms with Gasteiger partial charge in [-0.2, -0.15) is 5.10 Å². The van der Waals surface area contributed by atoms with Crippen molar-refractivity contribution in [2.24, 2.45) is 5.84 Å². The Bertz CT molecular complexity index is 567. The van der Waals surface area contributed by atoms with Crippen LogP contribution in [0, 0.1) is 0 Å². The predicted octanol–water partition coefficient (Wildman–Crippen LogP) is 2.61. The van der Waals surface area contributed by atoms with Gasteiger partial charge >= 0.3 is 0 Å². The van der Waals surface area contributed by atoms with Crippen molar-refractivity contribution in [3.8, 4) is 5.75 Å². The molecule has 5 nitrogen and oxygen atoms in total. The highest BCUT2D eigenvalue weighted by atomic mass is 16.5. The zero-order valence-corrected chi connectivity index (χ0v) is 12.9. The summed E-state index contributed by atoms with van der Waals surface area (Å²) in [6.45, 7) is 4.32. The average Bonchev–Trinajstić information content (AvgIpc) is 3.00. The molecule has 0 amide bonds. The molecule has 0 spiro atoms. The summed E-state index contributed by atoms with van der Waals surface area (Å²) in [4.78, 5) is 0. The first-order chi connectivity index (χ1) is 10.2. The van der Waals surface area contributed by atoms with Gasteiger partial charge in [-0.3, -0.25) is 16.0 Å². The number of para-hydroxylation sites is 1. The highest BCUT2D eigenvalue weighted by molar-refractivity contribution is 5.36. The Morgan fingerprint density at radius 2 is 2.10 bits per heavy atom. The summed E-state index contributed by atoms with van der Waals surface area (Å²) in [6, 6.07) is 10.3. The van der Waals surface area contributed by atoms with Gasteiger partial charge in [-0.05, 0) is 25.5 Å². The number of hydrogen-bond acceptors (Lipinski definition) is 4. The molecule has 21 heavy (non-hydrogen) atoms. The lowest BCUT2D eigenvalue weighted by molar-refractivity contribution is 0.398. The molecule has 0 saturated carbocycles. The molecule has 2 rings (SSSR count). The second kappa shape index (κ2) is 7.24. The number of nitrogens with two attached hydrogens (primary N) is 1. The normalized spacial score (nSPS) is 13.9. The molecular weight excluding hydrogens is 264 g/mol. The minimum Gasteiger partial charge on any atom is -0.496 e. The van der Waals surface area contributed by atoms with Crippen molar-refractivity contribution in [3.05, 3.63) is 47.8 Å². The lowest BCUT2D eigenvalue weighted by Gasteiger charge is -2.18. The maximum atomic E-state index is 5.73. The van der Waals surface area contributed by atoms with E-state index in [1.807, 2.05) is 41.2 Å². The van der Waals surface area contributed by atoms with Gasteiger partial charge in [0.1, 0.15) is 5.75 Å². The zero-order chi connectivity index (χ0) is 15.2. The van der Waals surface area contributed by atoms with Crippen LogP contribution in [-0.4, -0.2) is 16.9 Å². The van der Waals surface area contributed by atoms with Crippen LogP contribution in [0.1, 0.15) is 43.6 Å². The van der Waals surface area contributed by atoms with Crippen LogP contribution in [0.3, 0.4) is 0 Å². The summed E-state index contributed by atoms with van der Waals surface area (Å²) >= 11 is 0. The molecule has 0 aliphatic carbocycles. The Morgan fingerprint density at radius 1 is 1.33 bits per heavy atom. The molecule has 2 atom stereocenters. The van der Waals surface area contributed by atoms with Crippen molar-refractivity contribution in [3.63, 3.8) is 0 Å². The fraction of sp³-hybridized carbons (Fsp3) is 0.438. The van der Waals surface area contributed by atoms with Gasteiger partial charge in [-0.1, -0.05) is 25.1 Å². The number of methoxy groups -OCH3 is 1. The Balaban J connectivity index is 2.17. The van der Waals surface area contributed by atoms with Crippen molar-refractivity contribution >= 4 is 0 Å². The molecule has 0 bridgehead atoms. The standard InChI is InChI=1S/C16H24N4O/c1-4-12(2)20-10-9-13(19-20)11-15(18-17)14-7-5-6-8-16(14)21-3/h5-10,12,15,18H,4,11,17H2,1-3H3. The Kier molecular flexibility index (Phi) is 5.36. The molecule has 3 N–H and O–H groups in total. The Morgan fingerprint density at radius 3 is 2.76 bits per heavy atom. The minimum atomic E-state index is -0.0265. The monoisotopic (exact) mass is 288 g/mol. The molecule has 0 fully saturated rings. The minimum absolute atomic E-state index is 0.0265. The van der Waals surface area contributed by atoms with E-state index in [2.05, 4.69) is 24.4 Å². The SMILES string of the molecule is CCC(C)n1ccc(CC(NN)c2ccccc2OC)n1. The van der Waals surface area contributed by atoms with Crippen LogP contribution in [-0.2, 0) is 6.42 Å². The van der Waals surface area contributed by atoms with Gasteiger partial charge in [0, 0.05) is 24.2 Å². The number of benzene rings is 1. The molecule has 2 unspecified atom stereocenters. The number of nitrogens with one attached hydrogen (secondary N) is 1. The summed E-state index contributed by atoms with van der Waals surface area (Å²) in [6.07, 6.45) is 3.81. The number of hydrogen-bond donors (Lipinski definition) is 2. The molecule has 1 heterocycles. The van der Waals surface area contributed by atoms with Gasteiger partial charge in [0.05, 0.1) is 18.8 Å². The third-order valence-electron chi connectivity index (χ3n) is 3.83. The van der Waals surface area contributed by atoms with Gasteiger partial charge < -0.3 is 4.74 Å². The van der Waals surface area contributed by atoms with E-state index in [-0.39, 0.29) is 6.04 Å². The largest absolute Gasteiger partial charge is 0.496 e. The summed E-state index contributed by atoms with van der Waals surface area (Å²) in [5, 5.41) is 4.63. The maximum absolute atomic E-state index is 5.73. The van der Waals surface area contributed by atoms with E-state index in [9.17, 15) is 0 Å². The van der Waals surface area contributed by atoms with Crippen LogP contribution in [0.4, 0.5) is 0 Å². The molecular formula is C16H24N4O. The molecule has 114 valence electrons. The number of hydrazine groups is 1. The summed E-state index contributed by atoms with van der Waals surface area (Å²) < 4.78 is 7.41. The Labute approximate surface area is 126 Å². The van der Waals surface area contributed by atoms with E-state index in [4.69, 9.17) is 10.6 Å². The molecule has 1 aromatic heterocycles. The number of nitrogens with zero attached hydrogens (tertiary/aromatic N) is 2. The number of ether oxygens (including phenoxy) is 1. The lowest BCUT2D eigenvalue weighted by atomic mass is 10.0. The third-order valence-corrected chi connectivity index (χ3v) is 3.83. The second-order valence-corrected chi connectivity index (χ2v) is 5.21. The smallest absolute Gasteiger partial charge is 0.123 e. The zero-order valence-electron chi connectivity index (χ0n) is 12.9. The maximum Gasteiger partial charge on any atom is 0.123 e. The Hall–Kier alpha value is -1.85. The fourth-order valence-corrected chi connectivity index (χ4v) is 2.34. The summed E-state index contributed by atoms with van der Waals surface area (Å²) in [5.41, 5.74) is 4.92. The molecule has 0 saturated heterocycles. The molecule has 5 heteroatoms. The van der Waals surface area contributed by atoms with E-state index >= 15 is 0 Å². The van der Waals surface area contributed by atoms with Crippen LogP contribution in [0.5, 0.6) is 5.75 Å². The highest BCUT2D eigenvalue weighted by Gasteiger charge is 2.16. The summed E-state index contributed by atoms with van der Waals surface area (Å²) in [5.74, 6) is 6.56. The summed E-state index contributed by atoms with van der Waals surface area (Å²) in [7, 11) is 1.67. The third kappa shape index (κ3) is 3.62. The lowest BCUT2D eigenvalue weighted by Crippen LogP contribution is -2.30. The van der Waals surface area contributed by atoms with E-state index in [0.29, 0.717) is 6.04 Å². The van der Waals surface area contributed by atoms with Crippen molar-refractivity contribution in [1.29, 1.82) is 0 Å². The van der Waals surface area contributed by atoms with Crippen LogP contribution in [0.2, 0.25) is 0 Å². The molecule has 0 aliphatic rings. The second-order valence-electron chi connectivity index (χ2n) is 5.21. The first-order valence-electron chi connectivity index (χ1n) is 7.32. The molecule has 0 radical (unpaired) electrons. The van der Waals surface area contributed by atoms with Crippen LogP contribution < -0.4 is 16.0 Å². The van der Waals surface area contributed by atoms with Crippen molar-refractivity contribution in [2.75, 3.05) is 7.11 Å². The van der Waals surface area contributed by atoms with Crippen molar-refractivity contribution in [2.45, 2.75) is 38.8 Å². The first-order valence-corrected chi connectivity index (χ1v) is 7.32. The van der Waals surface area contributed by atoms with Crippen LogP contribution in [0.15, 0.2) is 36.5 Å². The topological polar surface area (TPSA) is 65.1 Å². The van der Waals surface area contributed by atoms with Gasteiger partial charge in [0.15, 0.2) is 0 Å². The van der Waals surface area contributed by atoms with E-state index in [1.165, 1.54) is 0 Å². The van der Waals surface area contributed by atoms with Gasteiger partial charge in [0.25, 0.3) is 0 Å². The molecule has 1 aromatic carbocycles. The predicted molar refractivity (Wildman–Crippen MR) is 84.0 cm³/mol. The number of aromatic nitrogens is 2.